The summed E-state index contributed by atoms with van der Waals surface area (Å²) in [4.78, 5) is 4.43. The van der Waals surface area contributed by atoms with Crippen LogP contribution in [0.5, 0.6) is 0 Å². The van der Waals surface area contributed by atoms with Crippen molar-refractivity contribution in [1.82, 2.24) is 4.98 Å². The molecule has 1 aromatic heterocycles. The molecule has 2 nitrogen and oxygen atoms in total. The van der Waals surface area contributed by atoms with Crippen molar-refractivity contribution in [3.8, 4) is 0 Å². The third kappa shape index (κ3) is 2.96. The van der Waals surface area contributed by atoms with Gasteiger partial charge in [-0.2, -0.15) is 0 Å². The van der Waals surface area contributed by atoms with E-state index >= 15 is 0 Å². The number of rotatable bonds is 3. The van der Waals surface area contributed by atoms with Crippen LogP contribution in [0.25, 0.3) is 0 Å². The van der Waals surface area contributed by atoms with E-state index in [0.717, 1.165) is 23.7 Å². The molecule has 1 heterocycles. The lowest BCUT2D eigenvalue weighted by Crippen LogP contribution is -2.12. The van der Waals surface area contributed by atoms with Crippen LogP contribution in [0.4, 0.5) is 0 Å². The van der Waals surface area contributed by atoms with Gasteiger partial charge < -0.3 is 5.73 Å². The van der Waals surface area contributed by atoms with Gasteiger partial charge in [0.2, 0.25) is 0 Å². The molecular weight excluding hydrogens is 196 g/mol. The van der Waals surface area contributed by atoms with E-state index in [4.69, 9.17) is 5.73 Å². The zero-order valence-corrected chi connectivity index (χ0v) is 9.26. The molecule has 0 spiro atoms. The minimum absolute atomic E-state index is 0. The second kappa shape index (κ2) is 4.76. The number of hydrogen-bond acceptors (Lipinski definition) is 2. The summed E-state index contributed by atoms with van der Waals surface area (Å²) in [5, 5.41) is 0. The standard InChI is InChI=1S/C11H16N2.ClH/c1-8-3-2-4-11(13-8)10(12)7-9-5-6-9;/h2-4,9-10H,5-7,12H2,1H3;1H/t10-;/m1./s1. The normalized spacial score (nSPS) is 17.3. The van der Waals surface area contributed by atoms with Crippen LogP contribution in [-0.4, -0.2) is 4.98 Å². The van der Waals surface area contributed by atoms with Crippen LogP contribution < -0.4 is 5.73 Å². The molecule has 2 rings (SSSR count). The first-order valence-electron chi connectivity index (χ1n) is 4.95. The Hall–Kier alpha value is -0.600. The first-order valence-corrected chi connectivity index (χ1v) is 4.95. The molecular formula is C11H17ClN2. The van der Waals surface area contributed by atoms with Crippen LogP contribution >= 0.6 is 12.4 Å². The summed E-state index contributed by atoms with van der Waals surface area (Å²) < 4.78 is 0. The van der Waals surface area contributed by atoms with E-state index < -0.39 is 0 Å². The Balaban J connectivity index is 0.000000980. The zero-order chi connectivity index (χ0) is 9.26. The molecule has 2 N–H and O–H groups in total. The molecule has 1 aliphatic rings. The Kier molecular flexibility index (Phi) is 3.90. The zero-order valence-electron chi connectivity index (χ0n) is 8.44. The highest BCUT2D eigenvalue weighted by atomic mass is 35.5. The number of halogens is 1. The van der Waals surface area contributed by atoms with Gasteiger partial charge in [0, 0.05) is 11.7 Å². The van der Waals surface area contributed by atoms with Crippen LogP contribution in [0.15, 0.2) is 18.2 Å². The average Bonchev–Trinajstić information content (AvgIpc) is 2.88. The summed E-state index contributed by atoms with van der Waals surface area (Å²) in [5.41, 5.74) is 8.15. The number of nitrogens with two attached hydrogens (primary N) is 1. The monoisotopic (exact) mass is 212 g/mol. The Morgan fingerprint density at radius 3 is 2.79 bits per heavy atom. The number of hydrogen-bond donors (Lipinski definition) is 1. The Bertz CT molecular complexity index is 297. The van der Waals surface area contributed by atoms with Crippen molar-refractivity contribution in [2.75, 3.05) is 0 Å². The predicted molar refractivity (Wildman–Crippen MR) is 60.5 cm³/mol. The van der Waals surface area contributed by atoms with Gasteiger partial charge in [-0.15, -0.1) is 12.4 Å². The van der Waals surface area contributed by atoms with Crippen LogP contribution in [0.2, 0.25) is 0 Å². The van der Waals surface area contributed by atoms with Crippen molar-refractivity contribution in [3.63, 3.8) is 0 Å². The number of pyridine rings is 1. The molecule has 0 unspecified atom stereocenters. The summed E-state index contributed by atoms with van der Waals surface area (Å²) in [5.74, 6) is 0.873. The van der Waals surface area contributed by atoms with Gasteiger partial charge in [0.05, 0.1) is 5.69 Å². The first-order chi connectivity index (χ1) is 6.25. The van der Waals surface area contributed by atoms with E-state index in [1.165, 1.54) is 12.8 Å². The smallest absolute Gasteiger partial charge is 0.0574 e. The summed E-state index contributed by atoms with van der Waals surface area (Å²) in [6, 6.07) is 6.21. The maximum absolute atomic E-state index is 6.04. The Morgan fingerprint density at radius 2 is 2.21 bits per heavy atom. The van der Waals surface area contributed by atoms with Crippen molar-refractivity contribution < 1.29 is 0 Å². The fraction of sp³-hybridized carbons (Fsp3) is 0.545. The van der Waals surface area contributed by atoms with Crippen LogP contribution in [-0.2, 0) is 0 Å². The minimum Gasteiger partial charge on any atom is -0.323 e. The van der Waals surface area contributed by atoms with Crippen molar-refractivity contribution in [2.45, 2.75) is 32.2 Å². The minimum atomic E-state index is 0. The Labute approximate surface area is 91.3 Å². The molecule has 1 aliphatic carbocycles. The third-order valence-electron chi connectivity index (χ3n) is 2.57. The van der Waals surface area contributed by atoms with Gasteiger partial charge in [-0.05, 0) is 31.4 Å². The molecule has 1 saturated carbocycles. The third-order valence-corrected chi connectivity index (χ3v) is 2.57. The van der Waals surface area contributed by atoms with Gasteiger partial charge in [-0.3, -0.25) is 4.98 Å². The average molecular weight is 213 g/mol. The highest BCUT2D eigenvalue weighted by molar-refractivity contribution is 5.85. The second-order valence-electron chi connectivity index (χ2n) is 3.99. The molecule has 0 aliphatic heterocycles. The summed E-state index contributed by atoms with van der Waals surface area (Å²) >= 11 is 0. The van der Waals surface area contributed by atoms with Crippen LogP contribution in [0, 0.1) is 12.8 Å². The van der Waals surface area contributed by atoms with Gasteiger partial charge in [-0.25, -0.2) is 0 Å². The van der Waals surface area contributed by atoms with E-state index in [1.54, 1.807) is 0 Å². The van der Waals surface area contributed by atoms with E-state index in [1.807, 2.05) is 25.1 Å². The summed E-state index contributed by atoms with van der Waals surface area (Å²) in [6.07, 6.45) is 3.83. The molecule has 1 aromatic rings. The Morgan fingerprint density at radius 1 is 1.50 bits per heavy atom. The molecule has 1 atom stereocenters. The molecule has 0 amide bonds. The van der Waals surface area contributed by atoms with Crippen molar-refractivity contribution in [3.05, 3.63) is 29.6 Å². The number of aromatic nitrogens is 1. The summed E-state index contributed by atoms with van der Waals surface area (Å²) in [6.45, 7) is 2.01. The van der Waals surface area contributed by atoms with E-state index in [2.05, 4.69) is 4.98 Å². The van der Waals surface area contributed by atoms with Gasteiger partial charge >= 0.3 is 0 Å². The lowest BCUT2D eigenvalue weighted by molar-refractivity contribution is 0.582. The topological polar surface area (TPSA) is 38.9 Å². The van der Waals surface area contributed by atoms with Gasteiger partial charge in [0.1, 0.15) is 0 Å². The maximum atomic E-state index is 6.04. The lowest BCUT2D eigenvalue weighted by Gasteiger charge is -2.10. The van der Waals surface area contributed by atoms with Crippen molar-refractivity contribution in [1.29, 1.82) is 0 Å². The number of aryl methyl sites for hydroxylation is 1. The molecule has 3 heteroatoms. The van der Waals surface area contributed by atoms with Gasteiger partial charge in [-0.1, -0.05) is 18.9 Å². The highest BCUT2D eigenvalue weighted by Gasteiger charge is 2.24. The quantitative estimate of drug-likeness (QED) is 0.837. The van der Waals surface area contributed by atoms with Crippen LogP contribution in [0.1, 0.15) is 36.7 Å². The van der Waals surface area contributed by atoms with Crippen molar-refractivity contribution >= 4 is 12.4 Å². The summed E-state index contributed by atoms with van der Waals surface area (Å²) in [7, 11) is 0. The number of nitrogens with zero attached hydrogens (tertiary/aromatic N) is 1. The van der Waals surface area contributed by atoms with Gasteiger partial charge in [0.25, 0.3) is 0 Å². The molecule has 1 fully saturated rings. The SMILES string of the molecule is Cc1cccc([C@H](N)CC2CC2)n1.Cl. The molecule has 78 valence electrons. The predicted octanol–water partition coefficient (Wildman–Crippen LogP) is 2.61. The van der Waals surface area contributed by atoms with E-state index in [9.17, 15) is 0 Å². The second-order valence-corrected chi connectivity index (χ2v) is 3.99. The van der Waals surface area contributed by atoms with E-state index in [-0.39, 0.29) is 18.4 Å². The first kappa shape index (κ1) is 11.5. The molecule has 0 bridgehead atoms. The van der Waals surface area contributed by atoms with E-state index in [0.29, 0.717) is 0 Å². The lowest BCUT2D eigenvalue weighted by atomic mass is 10.1. The van der Waals surface area contributed by atoms with Crippen LogP contribution in [0.3, 0.4) is 0 Å². The van der Waals surface area contributed by atoms with Gasteiger partial charge in [0.15, 0.2) is 0 Å². The fourth-order valence-electron chi connectivity index (χ4n) is 1.60. The highest BCUT2D eigenvalue weighted by Crippen LogP contribution is 2.36. The molecule has 0 saturated heterocycles. The molecule has 14 heavy (non-hydrogen) atoms. The van der Waals surface area contributed by atoms with Crippen molar-refractivity contribution in [2.24, 2.45) is 11.7 Å². The fourth-order valence-corrected chi connectivity index (χ4v) is 1.60. The largest absolute Gasteiger partial charge is 0.323 e. The maximum Gasteiger partial charge on any atom is 0.0574 e. The molecule has 0 aromatic carbocycles. The molecule has 0 radical (unpaired) electrons.